The van der Waals surface area contributed by atoms with E-state index in [0.717, 1.165) is 15.9 Å². The van der Waals surface area contributed by atoms with Crippen molar-refractivity contribution in [2.75, 3.05) is 5.32 Å². The fourth-order valence-electron chi connectivity index (χ4n) is 2.72. The number of aryl methyl sites for hydroxylation is 2. The molecule has 0 aliphatic rings. The standard InChI is InChI=1S/C20H20F3N7O.K/c1-12-9-18(28-27-12)25-8-7-24-13(2)14-5-4-6-15(10-14)26-19(31)16-11-17(20(21,22)23)29-30(16)3;/h4-6,8-11,13,24H,1-3H3,(H,25,28)(H,26,31);/q-2;+1. The molecule has 2 aromatic heterocycles. The van der Waals surface area contributed by atoms with Gasteiger partial charge in [-0.25, -0.2) is 5.10 Å². The third kappa shape index (κ3) is 6.94. The predicted octanol–water partition coefficient (Wildman–Crippen LogP) is -0.0285. The number of amides is 1. The molecule has 0 aliphatic carbocycles. The van der Waals surface area contributed by atoms with Gasteiger partial charge in [0.05, 0.1) is 0 Å². The zero-order valence-electron chi connectivity index (χ0n) is 17.9. The molecular formula is C20H20F3KN7O-. The number of anilines is 1. The van der Waals surface area contributed by atoms with Crippen LogP contribution in [-0.2, 0) is 13.2 Å². The first-order valence-corrected chi connectivity index (χ1v) is 9.21. The van der Waals surface area contributed by atoms with E-state index in [1.807, 2.05) is 19.9 Å². The van der Waals surface area contributed by atoms with Crippen LogP contribution in [0.5, 0.6) is 0 Å². The number of carbonyl (C=O) groups is 1. The third-order valence-electron chi connectivity index (χ3n) is 4.31. The van der Waals surface area contributed by atoms with E-state index in [9.17, 15) is 18.0 Å². The summed E-state index contributed by atoms with van der Waals surface area (Å²) in [7, 11) is 1.28. The number of aromatic nitrogens is 4. The normalized spacial score (nSPS) is 13.1. The van der Waals surface area contributed by atoms with E-state index in [1.54, 1.807) is 24.3 Å². The fourth-order valence-corrected chi connectivity index (χ4v) is 2.72. The molecule has 164 valence electrons. The van der Waals surface area contributed by atoms with E-state index in [4.69, 9.17) is 0 Å². The summed E-state index contributed by atoms with van der Waals surface area (Å²) in [5, 5.41) is 15.7. The SMILES string of the molecule is Cc1[cH-]c(=NC=[C-]NC(C)c2cccc(NC(=O)c3cc(C(F)(F)F)nn3C)c2)[nH]n1.[K+]. The minimum absolute atomic E-state index is 0. The second-order valence-electron chi connectivity index (χ2n) is 6.78. The van der Waals surface area contributed by atoms with Crippen molar-refractivity contribution in [3.05, 3.63) is 76.9 Å². The van der Waals surface area contributed by atoms with E-state index in [1.165, 1.54) is 13.2 Å². The Bertz CT molecular complexity index is 1160. The number of carbonyl (C=O) groups excluding carboxylic acids is 1. The molecule has 12 heteroatoms. The molecule has 3 aromatic rings. The van der Waals surface area contributed by atoms with Gasteiger partial charge in [-0.1, -0.05) is 24.8 Å². The summed E-state index contributed by atoms with van der Waals surface area (Å²) < 4.78 is 39.3. The van der Waals surface area contributed by atoms with Crippen molar-refractivity contribution >= 4 is 11.6 Å². The van der Waals surface area contributed by atoms with Crippen molar-refractivity contribution in [3.63, 3.8) is 0 Å². The molecule has 1 atom stereocenters. The Morgan fingerprint density at radius 2 is 2.12 bits per heavy atom. The molecule has 32 heavy (non-hydrogen) atoms. The van der Waals surface area contributed by atoms with Crippen LogP contribution in [0.15, 0.2) is 47.6 Å². The topological polar surface area (TPSA) is 100.0 Å². The minimum Gasteiger partial charge on any atom is -0.560 e. The molecule has 3 rings (SSSR count). The van der Waals surface area contributed by atoms with Gasteiger partial charge in [0, 0.05) is 24.8 Å². The van der Waals surface area contributed by atoms with Crippen LogP contribution < -0.4 is 67.5 Å². The van der Waals surface area contributed by atoms with E-state index in [0.29, 0.717) is 17.2 Å². The van der Waals surface area contributed by atoms with Crippen LogP contribution >= 0.6 is 0 Å². The molecule has 2 heterocycles. The third-order valence-corrected chi connectivity index (χ3v) is 4.31. The Labute approximate surface area is 224 Å². The first-order valence-electron chi connectivity index (χ1n) is 9.21. The summed E-state index contributed by atoms with van der Waals surface area (Å²) in [5.74, 6) is -0.691. The molecule has 0 saturated carbocycles. The summed E-state index contributed by atoms with van der Waals surface area (Å²) in [5.41, 5.74) is 1.38. The van der Waals surface area contributed by atoms with Gasteiger partial charge >= 0.3 is 57.6 Å². The Balaban J connectivity index is 0.00000363. The van der Waals surface area contributed by atoms with Gasteiger partial charge in [0.2, 0.25) is 0 Å². The van der Waals surface area contributed by atoms with Gasteiger partial charge in [0.1, 0.15) is 5.69 Å². The number of hydrogen-bond donors (Lipinski definition) is 3. The number of nitrogens with zero attached hydrogens (tertiary/aromatic N) is 4. The van der Waals surface area contributed by atoms with Crippen molar-refractivity contribution in [2.45, 2.75) is 26.1 Å². The number of benzene rings is 1. The number of rotatable bonds is 6. The maximum atomic E-state index is 12.8. The summed E-state index contributed by atoms with van der Waals surface area (Å²) in [6.45, 7) is 3.73. The maximum absolute atomic E-state index is 12.8. The maximum Gasteiger partial charge on any atom is 1.00 e. The average molecular weight is 471 g/mol. The molecule has 8 nitrogen and oxygen atoms in total. The molecular weight excluding hydrogens is 450 g/mol. The fraction of sp³-hybridized carbons (Fsp3) is 0.250. The molecule has 3 N–H and O–H groups in total. The van der Waals surface area contributed by atoms with Crippen LogP contribution in [0.25, 0.3) is 0 Å². The number of aromatic amines is 1. The van der Waals surface area contributed by atoms with Gasteiger partial charge in [0.25, 0.3) is 5.91 Å². The Kier molecular flexibility index (Phi) is 9.10. The first kappa shape index (κ1) is 26.1. The second-order valence-corrected chi connectivity index (χ2v) is 6.78. The summed E-state index contributed by atoms with van der Waals surface area (Å²) in [6, 6.07) is 9.27. The number of nitrogens with one attached hydrogen (secondary N) is 3. The minimum atomic E-state index is -4.62. The van der Waals surface area contributed by atoms with Crippen LogP contribution in [0.3, 0.4) is 0 Å². The monoisotopic (exact) mass is 470 g/mol. The van der Waals surface area contributed by atoms with Crippen LogP contribution in [0, 0.1) is 13.1 Å². The van der Waals surface area contributed by atoms with Crippen molar-refractivity contribution in [2.24, 2.45) is 12.0 Å². The van der Waals surface area contributed by atoms with Gasteiger partial charge in [-0.05, 0) is 30.1 Å². The van der Waals surface area contributed by atoms with Gasteiger partial charge < -0.3 is 21.8 Å². The Hall–Kier alpha value is -2.12. The van der Waals surface area contributed by atoms with E-state index >= 15 is 0 Å². The van der Waals surface area contributed by atoms with E-state index in [2.05, 4.69) is 37.1 Å². The molecule has 0 spiro atoms. The van der Waals surface area contributed by atoms with Crippen LogP contribution in [0.2, 0.25) is 0 Å². The number of H-pyrrole nitrogens is 1. The molecule has 0 saturated heterocycles. The Morgan fingerprint density at radius 3 is 2.75 bits per heavy atom. The second kappa shape index (κ2) is 11.1. The van der Waals surface area contributed by atoms with Crippen molar-refractivity contribution < 1.29 is 69.4 Å². The molecule has 0 fully saturated rings. The number of halogens is 3. The van der Waals surface area contributed by atoms with Gasteiger partial charge in [0.15, 0.2) is 5.69 Å². The number of alkyl halides is 3. The van der Waals surface area contributed by atoms with Crippen molar-refractivity contribution in [1.29, 1.82) is 0 Å². The predicted molar refractivity (Wildman–Crippen MR) is 106 cm³/mol. The number of hydrogen-bond acceptors (Lipinski definition) is 5. The average Bonchev–Trinajstić information content (AvgIpc) is 3.30. The van der Waals surface area contributed by atoms with Gasteiger partial charge in [-0.2, -0.15) is 18.3 Å². The summed E-state index contributed by atoms with van der Waals surface area (Å²) in [4.78, 5) is 16.6. The van der Waals surface area contributed by atoms with Crippen LogP contribution in [0.1, 0.15) is 40.4 Å². The van der Waals surface area contributed by atoms with Gasteiger partial charge in [-0.3, -0.25) is 20.6 Å². The zero-order valence-corrected chi connectivity index (χ0v) is 21.1. The molecule has 1 amide bonds. The van der Waals surface area contributed by atoms with Crippen LogP contribution in [0.4, 0.5) is 18.9 Å². The van der Waals surface area contributed by atoms with E-state index in [-0.39, 0.29) is 63.1 Å². The zero-order chi connectivity index (χ0) is 22.6. The molecule has 1 aromatic carbocycles. The largest absolute Gasteiger partial charge is 1.00 e. The smallest absolute Gasteiger partial charge is 0.560 e. The summed E-state index contributed by atoms with van der Waals surface area (Å²) in [6.07, 6.45) is -0.296. The van der Waals surface area contributed by atoms with E-state index < -0.39 is 17.8 Å². The van der Waals surface area contributed by atoms with Crippen molar-refractivity contribution in [3.8, 4) is 0 Å². The quantitative estimate of drug-likeness (QED) is 0.268. The van der Waals surface area contributed by atoms with Crippen molar-refractivity contribution in [1.82, 2.24) is 25.3 Å². The molecule has 0 aliphatic heterocycles. The van der Waals surface area contributed by atoms with Crippen LogP contribution in [-0.4, -0.2) is 25.9 Å². The molecule has 0 bridgehead atoms. The first-order chi connectivity index (χ1) is 14.6. The Morgan fingerprint density at radius 1 is 1.38 bits per heavy atom. The van der Waals surface area contributed by atoms with Gasteiger partial charge in [-0.15, -0.1) is 6.20 Å². The summed E-state index contributed by atoms with van der Waals surface area (Å²) >= 11 is 0. The molecule has 1 unspecified atom stereocenters. The molecule has 0 radical (unpaired) electrons.